The van der Waals surface area contributed by atoms with Crippen LogP contribution in [0, 0.1) is 0 Å². The summed E-state index contributed by atoms with van der Waals surface area (Å²) < 4.78 is 5.35. The monoisotopic (exact) mass is 226 g/mol. The third-order valence-corrected chi connectivity index (χ3v) is 2.29. The van der Waals surface area contributed by atoms with Crippen LogP contribution >= 0.6 is 11.6 Å². The SMILES string of the molecule is CCCOC(C)C(=O)c1cccc(Cl)c1. The molecule has 0 bridgehead atoms. The van der Waals surface area contributed by atoms with Gasteiger partial charge in [0.25, 0.3) is 0 Å². The highest BCUT2D eigenvalue weighted by atomic mass is 35.5. The quantitative estimate of drug-likeness (QED) is 0.720. The van der Waals surface area contributed by atoms with Crippen LogP contribution in [0.2, 0.25) is 5.02 Å². The zero-order chi connectivity index (χ0) is 11.3. The van der Waals surface area contributed by atoms with E-state index in [1.807, 2.05) is 6.92 Å². The Kier molecular flexibility index (Phi) is 4.79. The van der Waals surface area contributed by atoms with E-state index < -0.39 is 6.10 Å². The number of carbonyl (C=O) groups is 1. The van der Waals surface area contributed by atoms with Crippen LogP contribution in [-0.4, -0.2) is 18.5 Å². The van der Waals surface area contributed by atoms with Gasteiger partial charge < -0.3 is 4.74 Å². The third-order valence-electron chi connectivity index (χ3n) is 2.05. The summed E-state index contributed by atoms with van der Waals surface area (Å²) in [7, 11) is 0. The molecule has 15 heavy (non-hydrogen) atoms. The van der Waals surface area contributed by atoms with Crippen molar-refractivity contribution < 1.29 is 9.53 Å². The zero-order valence-electron chi connectivity index (χ0n) is 9.00. The maximum atomic E-state index is 11.8. The first kappa shape index (κ1) is 12.2. The van der Waals surface area contributed by atoms with Gasteiger partial charge in [0.2, 0.25) is 0 Å². The fraction of sp³-hybridized carbons (Fsp3) is 0.417. The van der Waals surface area contributed by atoms with Gasteiger partial charge in [-0.15, -0.1) is 0 Å². The maximum Gasteiger partial charge on any atom is 0.191 e. The predicted octanol–water partition coefficient (Wildman–Crippen LogP) is 3.34. The Bertz CT molecular complexity index is 336. The molecule has 0 radical (unpaired) electrons. The maximum absolute atomic E-state index is 11.8. The molecule has 0 aliphatic heterocycles. The molecule has 82 valence electrons. The summed E-state index contributed by atoms with van der Waals surface area (Å²) in [4.78, 5) is 11.8. The van der Waals surface area contributed by atoms with Crippen molar-refractivity contribution in [2.45, 2.75) is 26.4 Å². The second-order valence-electron chi connectivity index (χ2n) is 3.39. The van der Waals surface area contributed by atoms with E-state index in [0.29, 0.717) is 17.2 Å². The van der Waals surface area contributed by atoms with Gasteiger partial charge in [-0.1, -0.05) is 30.7 Å². The molecular formula is C12H15ClO2. The molecule has 0 aliphatic rings. The number of halogens is 1. The van der Waals surface area contributed by atoms with Crippen LogP contribution < -0.4 is 0 Å². The fourth-order valence-electron chi connectivity index (χ4n) is 1.25. The lowest BCUT2D eigenvalue weighted by Gasteiger charge is -2.11. The molecule has 1 aromatic carbocycles. The van der Waals surface area contributed by atoms with Gasteiger partial charge in [-0.05, 0) is 25.5 Å². The van der Waals surface area contributed by atoms with Crippen molar-refractivity contribution >= 4 is 17.4 Å². The summed E-state index contributed by atoms with van der Waals surface area (Å²) in [6.45, 7) is 4.38. The van der Waals surface area contributed by atoms with E-state index in [-0.39, 0.29) is 5.78 Å². The van der Waals surface area contributed by atoms with Crippen LogP contribution in [0.5, 0.6) is 0 Å². The van der Waals surface area contributed by atoms with Gasteiger partial charge in [0.15, 0.2) is 5.78 Å². The fourth-order valence-corrected chi connectivity index (χ4v) is 1.44. The minimum Gasteiger partial charge on any atom is -0.370 e. The summed E-state index contributed by atoms with van der Waals surface area (Å²) in [5.41, 5.74) is 0.603. The van der Waals surface area contributed by atoms with Crippen LogP contribution in [0.25, 0.3) is 0 Å². The molecule has 1 aromatic rings. The normalized spacial score (nSPS) is 12.5. The first-order chi connectivity index (χ1) is 7.15. The van der Waals surface area contributed by atoms with Gasteiger partial charge >= 0.3 is 0 Å². The van der Waals surface area contributed by atoms with Gasteiger partial charge in [-0.2, -0.15) is 0 Å². The van der Waals surface area contributed by atoms with E-state index in [1.54, 1.807) is 31.2 Å². The summed E-state index contributed by atoms with van der Waals surface area (Å²) in [6.07, 6.45) is 0.510. The molecule has 0 heterocycles. The highest BCUT2D eigenvalue weighted by Gasteiger charge is 2.15. The molecule has 0 fully saturated rings. The van der Waals surface area contributed by atoms with Crippen molar-refractivity contribution in [1.29, 1.82) is 0 Å². The third kappa shape index (κ3) is 3.65. The number of ketones is 1. The topological polar surface area (TPSA) is 26.3 Å². The molecular weight excluding hydrogens is 212 g/mol. The molecule has 0 spiro atoms. The first-order valence-electron chi connectivity index (χ1n) is 5.06. The van der Waals surface area contributed by atoms with Gasteiger partial charge in [0.05, 0.1) is 0 Å². The zero-order valence-corrected chi connectivity index (χ0v) is 9.75. The predicted molar refractivity (Wildman–Crippen MR) is 61.5 cm³/mol. The number of carbonyl (C=O) groups excluding carboxylic acids is 1. The van der Waals surface area contributed by atoms with E-state index in [9.17, 15) is 4.79 Å². The summed E-state index contributed by atoms with van der Waals surface area (Å²) in [5, 5.41) is 0.573. The summed E-state index contributed by atoms with van der Waals surface area (Å²) >= 11 is 5.80. The average Bonchev–Trinajstić information content (AvgIpc) is 2.24. The Morgan fingerprint density at radius 1 is 1.53 bits per heavy atom. The number of ether oxygens (including phenoxy) is 1. The molecule has 0 N–H and O–H groups in total. The number of hydrogen-bond acceptors (Lipinski definition) is 2. The Morgan fingerprint density at radius 2 is 2.27 bits per heavy atom. The standard InChI is InChI=1S/C12H15ClO2/c1-3-7-15-9(2)12(14)10-5-4-6-11(13)8-10/h4-6,8-9H,3,7H2,1-2H3. The molecule has 1 rings (SSSR count). The Morgan fingerprint density at radius 3 is 2.87 bits per heavy atom. The molecule has 3 heteroatoms. The van der Waals surface area contributed by atoms with Gasteiger partial charge in [-0.3, -0.25) is 4.79 Å². The Balaban J connectivity index is 2.67. The molecule has 0 amide bonds. The average molecular weight is 227 g/mol. The molecule has 2 nitrogen and oxygen atoms in total. The molecule has 0 saturated heterocycles. The number of Topliss-reactive ketones (excluding diaryl/α,β-unsaturated/α-hetero) is 1. The lowest BCUT2D eigenvalue weighted by molar-refractivity contribution is 0.0479. The summed E-state index contributed by atoms with van der Waals surface area (Å²) in [5.74, 6) is -0.0223. The van der Waals surface area contributed by atoms with Crippen LogP contribution in [0.1, 0.15) is 30.6 Å². The van der Waals surface area contributed by atoms with Gasteiger partial charge in [-0.25, -0.2) is 0 Å². The van der Waals surface area contributed by atoms with Crippen molar-refractivity contribution in [2.75, 3.05) is 6.61 Å². The first-order valence-corrected chi connectivity index (χ1v) is 5.44. The molecule has 0 aromatic heterocycles. The second-order valence-corrected chi connectivity index (χ2v) is 3.82. The number of benzene rings is 1. The molecule has 0 saturated carbocycles. The number of rotatable bonds is 5. The van der Waals surface area contributed by atoms with Crippen molar-refractivity contribution in [3.63, 3.8) is 0 Å². The van der Waals surface area contributed by atoms with Crippen molar-refractivity contribution in [1.82, 2.24) is 0 Å². The summed E-state index contributed by atoms with van der Waals surface area (Å²) in [6, 6.07) is 6.92. The van der Waals surface area contributed by atoms with Crippen LogP contribution in [0.3, 0.4) is 0 Å². The minimum atomic E-state index is -0.400. The molecule has 0 aliphatic carbocycles. The highest BCUT2D eigenvalue weighted by Crippen LogP contribution is 2.13. The van der Waals surface area contributed by atoms with E-state index in [2.05, 4.69) is 0 Å². The van der Waals surface area contributed by atoms with Crippen molar-refractivity contribution in [3.8, 4) is 0 Å². The van der Waals surface area contributed by atoms with Crippen LogP contribution in [-0.2, 0) is 4.74 Å². The lowest BCUT2D eigenvalue weighted by atomic mass is 10.1. The Labute approximate surface area is 95.2 Å². The largest absolute Gasteiger partial charge is 0.370 e. The van der Waals surface area contributed by atoms with Crippen LogP contribution in [0.4, 0.5) is 0 Å². The van der Waals surface area contributed by atoms with Crippen molar-refractivity contribution in [2.24, 2.45) is 0 Å². The molecule has 1 atom stereocenters. The number of hydrogen-bond donors (Lipinski definition) is 0. The van der Waals surface area contributed by atoms with E-state index >= 15 is 0 Å². The van der Waals surface area contributed by atoms with Gasteiger partial charge in [0, 0.05) is 17.2 Å². The minimum absolute atomic E-state index is 0.0223. The smallest absolute Gasteiger partial charge is 0.191 e. The van der Waals surface area contributed by atoms with Gasteiger partial charge in [0.1, 0.15) is 6.10 Å². The molecule has 1 unspecified atom stereocenters. The Hall–Kier alpha value is -0.860. The van der Waals surface area contributed by atoms with E-state index in [0.717, 1.165) is 6.42 Å². The van der Waals surface area contributed by atoms with E-state index in [4.69, 9.17) is 16.3 Å². The second kappa shape index (κ2) is 5.89. The van der Waals surface area contributed by atoms with Crippen LogP contribution in [0.15, 0.2) is 24.3 Å². The van der Waals surface area contributed by atoms with Crippen molar-refractivity contribution in [3.05, 3.63) is 34.9 Å². The lowest BCUT2D eigenvalue weighted by Crippen LogP contribution is -2.21. The van der Waals surface area contributed by atoms with E-state index in [1.165, 1.54) is 0 Å². The highest BCUT2D eigenvalue weighted by molar-refractivity contribution is 6.31.